The Morgan fingerprint density at radius 1 is 1.47 bits per heavy atom. The van der Waals surface area contributed by atoms with Crippen molar-refractivity contribution in [1.29, 1.82) is 0 Å². The van der Waals surface area contributed by atoms with E-state index in [1.807, 2.05) is 18.4 Å². The lowest BCUT2D eigenvalue weighted by atomic mass is 10.2. The third kappa shape index (κ3) is 2.08. The molecule has 0 aromatic carbocycles. The number of nitrogens with zero attached hydrogens (tertiary/aromatic N) is 2. The Balaban J connectivity index is 2.28. The number of carboxylic acid groups (broad SMARTS) is 1. The predicted molar refractivity (Wildman–Crippen MR) is 61.2 cm³/mol. The number of aromatic carboxylic acids is 1. The van der Waals surface area contributed by atoms with E-state index in [1.165, 1.54) is 0 Å². The number of aromatic nitrogens is 2. The number of carbonyl (C=O) groups is 1. The van der Waals surface area contributed by atoms with Gasteiger partial charge in [-0.05, 0) is 26.8 Å². The van der Waals surface area contributed by atoms with Crippen LogP contribution in [0.5, 0.6) is 0 Å². The molecular weight excluding hydrogens is 220 g/mol. The Labute approximate surface area is 98.7 Å². The molecule has 0 amide bonds. The Kier molecular flexibility index (Phi) is 2.75. The molecule has 1 N–H and O–H groups in total. The fourth-order valence-electron chi connectivity index (χ4n) is 1.71. The average Bonchev–Trinajstić information content (AvgIpc) is 2.76. The van der Waals surface area contributed by atoms with Gasteiger partial charge in [0, 0.05) is 11.3 Å². The molecule has 2 aromatic rings. The maximum Gasteiger partial charge on any atom is 0.372 e. The molecule has 17 heavy (non-hydrogen) atoms. The first-order valence-corrected chi connectivity index (χ1v) is 5.30. The molecule has 0 fully saturated rings. The number of imidazole rings is 1. The number of hydrogen-bond acceptors (Lipinski definition) is 3. The fraction of sp³-hybridized carbons (Fsp3) is 0.333. The molecule has 90 valence electrons. The average molecular weight is 234 g/mol. The smallest absolute Gasteiger partial charge is 0.372 e. The quantitative estimate of drug-likeness (QED) is 0.883. The molecular formula is C12H14N2O3. The summed E-state index contributed by atoms with van der Waals surface area (Å²) in [6.07, 6.45) is 1.73. The highest BCUT2D eigenvalue weighted by atomic mass is 16.4. The topological polar surface area (TPSA) is 68.3 Å². The SMILES string of the molecule is Cc1cc(Cn2cnc(C)c2C)oc1C(=O)O. The van der Waals surface area contributed by atoms with Crippen LogP contribution in [-0.4, -0.2) is 20.6 Å². The van der Waals surface area contributed by atoms with Gasteiger partial charge in [-0.3, -0.25) is 0 Å². The molecule has 5 heteroatoms. The van der Waals surface area contributed by atoms with E-state index in [9.17, 15) is 4.79 Å². The molecule has 0 aliphatic rings. The lowest BCUT2D eigenvalue weighted by molar-refractivity contribution is 0.0659. The molecule has 2 rings (SSSR count). The Morgan fingerprint density at radius 3 is 2.65 bits per heavy atom. The maximum atomic E-state index is 10.8. The van der Waals surface area contributed by atoms with Crippen molar-refractivity contribution in [2.45, 2.75) is 27.3 Å². The van der Waals surface area contributed by atoms with Gasteiger partial charge in [-0.1, -0.05) is 0 Å². The number of furan rings is 1. The summed E-state index contributed by atoms with van der Waals surface area (Å²) in [6, 6.07) is 1.75. The molecule has 0 saturated carbocycles. The van der Waals surface area contributed by atoms with Crippen LogP contribution in [0.2, 0.25) is 0 Å². The molecule has 0 bridgehead atoms. The molecule has 0 aliphatic carbocycles. The molecule has 0 spiro atoms. The number of aryl methyl sites for hydroxylation is 2. The van der Waals surface area contributed by atoms with E-state index in [0.29, 0.717) is 17.9 Å². The first kappa shape index (κ1) is 11.4. The third-order valence-corrected chi connectivity index (χ3v) is 2.83. The first-order valence-electron chi connectivity index (χ1n) is 5.30. The maximum absolute atomic E-state index is 10.8. The van der Waals surface area contributed by atoms with Crippen LogP contribution in [-0.2, 0) is 6.54 Å². The second-order valence-corrected chi connectivity index (χ2v) is 4.07. The zero-order valence-corrected chi connectivity index (χ0v) is 10.0. The van der Waals surface area contributed by atoms with Gasteiger partial charge in [0.25, 0.3) is 0 Å². The van der Waals surface area contributed by atoms with E-state index in [4.69, 9.17) is 9.52 Å². The second-order valence-electron chi connectivity index (χ2n) is 4.07. The molecule has 0 atom stereocenters. The van der Waals surface area contributed by atoms with Crippen molar-refractivity contribution in [3.63, 3.8) is 0 Å². The van der Waals surface area contributed by atoms with E-state index in [-0.39, 0.29) is 5.76 Å². The van der Waals surface area contributed by atoms with Crippen LogP contribution in [0, 0.1) is 20.8 Å². The second kappa shape index (κ2) is 4.08. The van der Waals surface area contributed by atoms with E-state index >= 15 is 0 Å². The zero-order chi connectivity index (χ0) is 12.6. The van der Waals surface area contributed by atoms with E-state index in [2.05, 4.69) is 4.98 Å². The van der Waals surface area contributed by atoms with E-state index in [1.54, 1.807) is 19.3 Å². The van der Waals surface area contributed by atoms with Crippen molar-refractivity contribution in [2.75, 3.05) is 0 Å². The van der Waals surface area contributed by atoms with Crippen molar-refractivity contribution < 1.29 is 14.3 Å². The van der Waals surface area contributed by atoms with Gasteiger partial charge in [-0.2, -0.15) is 0 Å². The molecule has 0 aliphatic heterocycles. The number of rotatable bonds is 3. The monoisotopic (exact) mass is 234 g/mol. The van der Waals surface area contributed by atoms with Gasteiger partial charge in [0.05, 0.1) is 18.6 Å². The first-order chi connectivity index (χ1) is 7.99. The normalized spacial score (nSPS) is 10.8. The van der Waals surface area contributed by atoms with Crippen LogP contribution in [0.15, 0.2) is 16.8 Å². The van der Waals surface area contributed by atoms with Gasteiger partial charge >= 0.3 is 5.97 Å². The van der Waals surface area contributed by atoms with Crippen LogP contribution in [0.25, 0.3) is 0 Å². The summed E-state index contributed by atoms with van der Waals surface area (Å²) in [5.41, 5.74) is 2.66. The minimum absolute atomic E-state index is 0.00879. The van der Waals surface area contributed by atoms with Gasteiger partial charge in [-0.25, -0.2) is 9.78 Å². The summed E-state index contributed by atoms with van der Waals surface area (Å²) in [5, 5.41) is 8.89. The van der Waals surface area contributed by atoms with Gasteiger partial charge in [-0.15, -0.1) is 0 Å². The van der Waals surface area contributed by atoms with E-state index < -0.39 is 5.97 Å². The summed E-state index contributed by atoms with van der Waals surface area (Å²) < 4.78 is 7.23. The summed E-state index contributed by atoms with van der Waals surface area (Å²) in [7, 11) is 0. The summed E-state index contributed by atoms with van der Waals surface area (Å²) >= 11 is 0. The minimum atomic E-state index is -1.03. The van der Waals surface area contributed by atoms with Crippen LogP contribution >= 0.6 is 0 Å². The Hall–Kier alpha value is -2.04. The molecule has 0 saturated heterocycles. The fourth-order valence-corrected chi connectivity index (χ4v) is 1.71. The standard InChI is InChI=1S/C12H14N2O3/c1-7-4-10(17-11(7)12(15)16)5-14-6-13-8(2)9(14)3/h4,6H,5H2,1-3H3,(H,15,16). The van der Waals surface area contributed by atoms with Crippen molar-refractivity contribution >= 4 is 5.97 Å². The summed E-state index contributed by atoms with van der Waals surface area (Å²) in [6.45, 7) is 6.13. The summed E-state index contributed by atoms with van der Waals surface area (Å²) in [5.74, 6) is -0.401. The van der Waals surface area contributed by atoms with Crippen molar-refractivity contribution in [3.05, 3.63) is 40.9 Å². The lowest BCUT2D eigenvalue weighted by Crippen LogP contribution is -1.99. The predicted octanol–water partition coefficient (Wildman–Crippen LogP) is 2.15. The lowest BCUT2D eigenvalue weighted by Gasteiger charge is -2.02. The van der Waals surface area contributed by atoms with Crippen molar-refractivity contribution in [3.8, 4) is 0 Å². The molecule has 0 radical (unpaired) electrons. The van der Waals surface area contributed by atoms with Gasteiger partial charge in [0.15, 0.2) is 0 Å². The minimum Gasteiger partial charge on any atom is -0.475 e. The third-order valence-electron chi connectivity index (χ3n) is 2.83. The van der Waals surface area contributed by atoms with Crippen LogP contribution in [0.3, 0.4) is 0 Å². The van der Waals surface area contributed by atoms with Crippen LogP contribution in [0.4, 0.5) is 0 Å². The molecule has 0 unspecified atom stereocenters. The van der Waals surface area contributed by atoms with Crippen LogP contribution < -0.4 is 0 Å². The summed E-state index contributed by atoms with van der Waals surface area (Å²) in [4.78, 5) is 15.0. The number of carboxylic acids is 1. The highest BCUT2D eigenvalue weighted by Crippen LogP contribution is 2.17. The van der Waals surface area contributed by atoms with Gasteiger partial charge in [0.1, 0.15) is 5.76 Å². The Bertz CT molecular complexity index is 566. The molecule has 5 nitrogen and oxygen atoms in total. The van der Waals surface area contributed by atoms with Gasteiger partial charge in [0.2, 0.25) is 5.76 Å². The van der Waals surface area contributed by atoms with Crippen LogP contribution in [0.1, 0.15) is 33.3 Å². The highest BCUT2D eigenvalue weighted by molar-refractivity contribution is 5.86. The van der Waals surface area contributed by atoms with Crippen molar-refractivity contribution in [1.82, 2.24) is 9.55 Å². The molecule has 2 aromatic heterocycles. The zero-order valence-electron chi connectivity index (χ0n) is 10.0. The van der Waals surface area contributed by atoms with Crippen molar-refractivity contribution in [2.24, 2.45) is 0 Å². The van der Waals surface area contributed by atoms with E-state index in [0.717, 1.165) is 11.4 Å². The molecule has 2 heterocycles. The largest absolute Gasteiger partial charge is 0.475 e. The Morgan fingerprint density at radius 2 is 2.18 bits per heavy atom. The highest BCUT2D eigenvalue weighted by Gasteiger charge is 2.15. The van der Waals surface area contributed by atoms with Gasteiger partial charge < -0.3 is 14.1 Å². The number of hydrogen-bond donors (Lipinski definition) is 1.